The van der Waals surface area contributed by atoms with Gasteiger partial charge in [-0.1, -0.05) is 11.6 Å². The van der Waals surface area contributed by atoms with E-state index >= 15 is 0 Å². The minimum Gasteiger partial charge on any atom is -0.389 e. The first-order chi connectivity index (χ1) is 9.72. The van der Waals surface area contributed by atoms with Crippen LogP contribution in [0.5, 0.6) is 0 Å². The lowest BCUT2D eigenvalue weighted by Crippen LogP contribution is -2.41. The largest absolute Gasteiger partial charge is 0.389 e. The van der Waals surface area contributed by atoms with E-state index in [0.717, 1.165) is 0 Å². The lowest BCUT2D eigenvalue weighted by Gasteiger charge is -2.23. The van der Waals surface area contributed by atoms with Crippen LogP contribution in [-0.4, -0.2) is 39.4 Å². The average Bonchev–Trinajstić information content (AvgIpc) is 2.44. The second kappa shape index (κ2) is 7.20. The van der Waals surface area contributed by atoms with Crippen LogP contribution < -0.4 is 4.72 Å². The summed E-state index contributed by atoms with van der Waals surface area (Å²) in [6, 6.07) is 5.81. The van der Waals surface area contributed by atoms with Gasteiger partial charge in [0.1, 0.15) is 4.90 Å². The van der Waals surface area contributed by atoms with E-state index in [0.29, 0.717) is 6.61 Å². The van der Waals surface area contributed by atoms with Crippen molar-refractivity contribution in [3.8, 4) is 6.07 Å². The molecule has 1 aromatic carbocycles. The first kappa shape index (κ1) is 17.9. The zero-order chi connectivity index (χ0) is 16.1. The fourth-order valence-corrected chi connectivity index (χ4v) is 3.20. The summed E-state index contributed by atoms with van der Waals surface area (Å²) in [4.78, 5) is -0.189. The van der Waals surface area contributed by atoms with Crippen LogP contribution in [-0.2, 0) is 14.8 Å². The van der Waals surface area contributed by atoms with Crippen LogP contribution in [0.25, 0.3) is 0 Å². The Balaban J connectivity index is 2.90. The number of hydrogen-bond acceptors (Lipinski definition) is 5. The van der Waals surface area contributed by atoms with Gasteiger partial charge in [-0.3, -0.25) is 0 Å². The van der Waals surface area contributed by atoms with Crippen molar-refractivity contribution in [2.75, 3.05) is 20.3 Å². The normalized spacial score (nSPS) is 14.4. The average molecular weight is 333 g/mol. The highest BCUT2D eigenvalue weighted by Crippen LogP contribution is 2.22. The van der Waals surface area contributed by atoms with Crippen LogP contribution in [0.1, 0.15) is 18.9 Å². The smallest absolute Gasteiger partial charge is 0.242 e. The lowest BCUT2D eigenvalue weighted by atomic mass is 10.0. The SMILES string of the molecule is COCCC(C)(O)CNS(=O)(=O)c1cc(C#N)ccc1Cl. The molecule has 2 N–H and O–H groups in total. The van der Waals surface area contributed by atoms with Crippen molar-refractivity contribution in [1.82, 2.24) is 4.72 Å². The lowest BCUT2D eigenvalue weighted by molar-refractivity contribution is 0.0292. The van der Waals surface area contributed by atoms with E-state index in [1.54, 1.807) is 0 Å². The molecule has 21 heavy (non-hydrogen) atoms. The molecule has 0 heterocycles. The number of rotatable bonds is 7. The van der Waals surface area contributed by atoms with Crippen LogP contribution in [0.2, 0.25) is 5.02 Å². The van der Waals surface area contributed by atoms with E-state index in [1.165, 1.54) is 32.2 Å². The number of nitrogens with zero attached hydrogens (tertiary/aromatic N) is 1. The summed E-state index contributed by atoms with van der Waals surface area (Å²) < 4.78 is 31.5. The third kappa shape index (κ3) is 5.26. The number of methoxy groups -OCH3 is 1. The minimum absolute atomic E-state index is 0.0121. The van der Waals surface area contributed by atoms with E-state index in [-0.39, 0.29) is 28.4 Å². The molecule has 0 aliphatic rings. The summed E-state index contributed by atoms with van der Waals surface area (Å²) in [5.41, 5.74) is -1.06. The van der Waals surface area contributed by atoms with Crippen molar-refractivity contribution in [3.05, 3.63) is 28.8 Å². The molecular formula is C13H17ClN2O4S. The molecule has 0 radical (unpaired) electrons. The van der Waals surface area contributed by atoms with E-state index in [4.69, 9.17) is 21.6 Å². The molecule has 0 spiro atoms. The molecule has 0 aliphatic carbocycles. The van der Waals surface area contributed by atoms with E-state index < -0.39 is 15.6 Å². The number of sulfonamides is 1. The Hall–Kier alpha value is -1.17. The zero-order valence-corrected chi connectivity index (χ0v) is 13.3. The third-order valence-electron chi connectivity index (χ3n) is 2.84. The Morgan fingerprint density at radius 1 is 1.52 bits per heavy atom. The van der Waals surface area contributed by atoms with Gasteiger partial charge in [-0.05, 0) is 25.1 Å². The summed E-state index contributed by atoms with van der Waals surface area (Å²) in [5, 5.41) is 18.9. The Morgan fingerprint density at radius 2 is 2.19 bits per heavy atom. The molecule has 1 rings (SSSR count). The Kier molecular flexibility index (Phi) is 6.13. The molecule has 1 aromatic rings. The van der Waals surface area contributed by atoms with Gasteiger partial charge in [-0.25, -0.2) is 13.1 Å². The predicted octanol–water partition coefficient (Wildman–Crippen LogP) is 1.28. The van der Waals surface area contributed by atoms with Gasteiger partial charge in [0, 0.05) is 26.7 Å². The first-order valence-electron chi connectivity index (χ1n) is 6.12. The summed E-state index contributed by atoms with van der Waals surface area (Å²) in [6.45, 7) is 1.62. The highest BCUT2D eigenvalue weighted by atomic mass is 35.5. The quantitative estimate of drug-likeness (QED) is 0.783. The van der Waals surface area contributed by atoms with E-state index in [2.05, 4.69) is 4.72 Å². The van der Waals surface area contributed by atoms with Crippen LogP contribution in [0.4, 0.5) is 0 Å². The third-order valence-corrected chi connectivity index (χ3v) is 4.72. The predicted molar refractivity (Wildman–Crippen MR) is 78.5 cm³/mol. The number of nitriles is 1. The molecular weight excluding hydrogens is 316 g/mol. The van der Waals surface area contributed by atoms with Crippen molar-refractivity contribution >= 4 is 21.6 Å². The van der Waals surface area contributed by atoms with Gasteiger partial charge < -0.3 is 9.84 Å². The number of ether oxygens (including phenoxy) is 1. The molecule has 8 heteroatoms. The van der Waals surface area contributed by atoms with Crippen molar-refractivity contribution in [2.24, 2.45) is 0 Å². The number of nitrogens with one attached hydrogen (secondary N) is 1. The fraction of sp³-hybridized carbons (Fsp3) is 0.462. The van der Waals surface area contributed by atoms with Gasteiger partial charge in [0.25, 0.3) is 0 Å². The molecule has 0 aliphatic heterocycles. The maximum absolute atomic E-state index is 12.2. The topological polar surface area (TPSA) is 99.4 Å². The summed E-state index contributed by atoms with van der Waals surface area (Å²) in [6.07, 6.45) is 0.276. The van der Waals surface area contributed by atoms with Gasteiger partial charge in [-0.2, -0.15) is 5.26 Å². The van der Waals surface area contributed by atoms with Gasteiger partial charge in [0.2, 0.25) is 10.0 Å². The summed E-state index contributed by atoms with van der Waals surface area (Å²) in [5.74, 6) is 0. The molecule has 6 nitrogen and oxygen atoms in total. The molecule has 0 amide bonds. The zero-order valence-electron chi connectivity index (χ0n) is 11.8. The van der Waals surface area contributed by atoms with Crippen molar-refractivity contribution < 1.29 is 18.3 Å². The second-order valence-electron chi connectivity index (χ2n) is 4.82. The Bertz CT molecular complexity index is 638. The van der Waals surface area contributed by atoms with Crippen LogP contribution in [0.15, 0.2) is 23.1 Å². The number of hydrogen-bond donors (Lipinski definition) is 2. The summed E-state index contributed by atoms with van der Waals surface area (Å²) >= 11 is 5.86. The molecule has 0 saturated heterocycles. The van der Waals surface area contributed by atoms with Gasteiger partial charge in [-0.15, -0.1) is 0 Å². The standard InChI is InChI=1S/C13H17ClN2O4S/c1-13(17,5-6-20-2)9-16-21(18,19)12-7-10(8-15)3-4-11(12)14/h3-4,7,16-17H,5-6,9H2,1-2H3. The Morgan fingerprint density at radius 3 is 2.76 bits per heavy atom. The minimum atomic E-state index is -3.92. The van der Waals surface area contributed by atoms with Crippen molar-refractivity contribution in [3.63, 3.8) is 0 Å². The number of halogens is 1. The molecule has 1 unspecified atom stereocenters. The maximum Gasteiger partial charge on any atom is 0.242 e. The second-order valence-corrected chi connectivity index (χ2v) is 6.96. The highest BCUT2D eigenvalue weighted by molar-refractivity contribution is 7.89. The molecule has 0 saturated carbocycles. The highest BCUT2D eigenvalue weighted by Gasteiger charge is 2.25. The Labute approximate surface area is 129 Å². The molecule has 1 atom stereocenters. The molecule has 0 aromatic heterocycles. The monoisotopic (exact) mass is 332 g/mol. The van der Waals surface area contributed by atoms with E-state index in [9.17, 15) is 13.5 Å². The van der Waals surface area contributed by atoms with Crippen LogP contribution in [0, 0.1) is 11.3 Å². The van der Waals surface area contributed by atoms with Gasteiger partial charge >= 0.3 is 0 Å². The number of aliphatic hydroxyl groups is 1. The van der Waals surface area contributed by atoms with Gasteiger partial charge in [0.05, 0.1) is 22.3 Å². The fourth-order valence-electron chi connectivity index (χ4n) is 1.52. The van der Waals surface area contributed by atoms with Gasteiger partial charge in [0.15, 0.2) is 0 Å². The van der Waals surface area contributed by atoms with E-state index in [1.807, 2.05) is 6.07 Å². The molecule has 0 bridgehead atoms. The van der Waals surface area contributed by atoms with Crippen molar-refractivity contribution in [1.29, 1.82) is 5.26 Å². The van der Waals surface area contributed by atoms with Crippen molar-refractivity contribution in [2.45, 2.75) is 23.8 Å². The maximum atomic E-state index is 12.2. The number of benzene rings is 1. The first-order valence-corrected chi connectivity index (χ1v) is 7.98. The van der Waals surface area contributed by atoms with Crippen LogP contribution in [0.3, 0.4) is 0 Å². The molecule has 116 valence electrons. The molecule has 0 fully saturated rings. The van der Waals surface area contributed by atoms with Crippen LogP contribution >= 0.6 is 11.6 Å². The summed E-state index contributed by atoms with van der Waals surface area (Å²) in [7, 11) is -2.42.